The van der Waals surface area contributed by atoms with Gasteiger partial charge in [-0.05, 0) is 24.3 Å². The van der Waals surface area contributed by atoms with Crippen molar-refractivity contribution in [2.75, 3.05) is 25.4 Å². The fourth-order valence-corrected chi connectivity index (χ4v) is 3.19. The van der Waals surface area contributed by atoms with Gasteiger partial charge in [-0.25, -0.2) is 4.79 Å². The van der Waals surface area contributed by atoms with Gasteiger partial charge in [0.2, 0.25) is 5.91 Å². The summed E-state index contributed by atoms with van der Waals surface area (Å²) < 4.78 is 0. The lowest BCUT2D eigenvalue weighted by atomic mass is 10.2. The van der Waals surface area contributed by atoms with Gasteiger partial charge < -0.3 is 15.3 Å². The average Bonchev–Trinajstić information content (AvgIpc) is 2.86. The summed E-state index contributed by atoms with van der Waals surface area (Å²) in [6.07, 6.45) is -0.122. The summed E-state index contributed by atoms with van der Waals surface area (Å²) in [5.41, 5.74) is 0. The number of urea groups is 1. The van der Waals surface area contributed by atoms with Crippen LogP contribution >= 0.6 is 23.4 Å². The van der Waals surface area contributed by atoms with Crippen LogP contribution in [0.2, 0.25) is 5.02 Å². The molecule has 0 bridgehead atoms. The first-order valence-electron chi connectivity index (χ1n) is 7.38. The van der Waals surface area contributed by atoms with Crippen molar-refractivity contribution in [2.24, 2.45) is 0 Å². The van der Waals surface area contributed by atoms with Crippen molar-refractivity contribution < 1.29 is 19.5 Å². The first-order chi connectivity index (χ1) is 11.5. The topological polar surface area (TPSA) is 98.7 Å². The van der Waals surface area contributed by atoms with Gasteiger partial charge >= 0.3 is 6.03 Å². The van der Waals surface area contributed by atoms with E-state index in [4.69, 9.17) is 16.7 Å². The number of aliphatic hydroxyl groups is 1. The van der Waals surface area contributed by atoms with Gasteiger partial charge in [0.05, 0.1) is 13.0 Å². The average molecular weight is 372 g/mol. The van der Waals surface area contributed by atoms with Gasteiger partial charge in [-0.2, -0.15) is 0 Å². The Morgan fingerprint density at radius 2 is 1.96 bits per heavy atom. The van der Waals surface area contributed by atoms with Crippen molar-refractivity contribution >= 4 is 41.2 Å². The van der Waals surface area contributed by atoms with Crippen molar-refractivity contribution in [3.8, 4) is 0 Å². The first kappa shape index (κ1) is 18.6. The molecule has 0 unspecified atom stereocenters. The Bertz CT molecular complexity index is 611. The van der Waals surface area contributed by atoms with E-state index in [2.05, 4.69) is 10.6 Å². The number of nitrogens with one attached hydrogen (secondary N) is 2. The minimum Gasteiger partial charge on any atom is -0.395 e. The number of aliphatic hydroxyl groups excluding tert-OH is 1. The highest BCUT2D eigenvalue weighted by Crippen LogP contribution is 2.20. The van der Waals surface area contributed by atoms with E-state index >= 15 is 0 Å². The molecule has 9 heteroatoms. The molecule has 0 radical (unpaired) electrons. The predicted molar refractivity (Wildman–Crippen MR) is 90.9 cm³/mol. The van der Waals surface area contributed by atoms with Crippen LogP contribution < -0.4 is 10.6 Å². The van der Waals surface area contributed by atoms with Crippen molar-refractivity contribution in [1.82, 2.24) is 15.5 Å². The van der Waals surface area contributed by atoms with Gasteiger partial charge in [0.25, 0.3) is 5.91 Å². The number of benzene rings is 1. The molecule has 1 aromatic carbocycles. The Labute approximate surface area is 148 Å². The number of thioether (sulfide) groups is 1. The maximum atomic E-state index is 12.3. The Hall–Kier alpha value is -1.77. The van der Waals surface area contributed by atoms with Gasteiger partial charge in [-0.3, -0.25) is 14.9 Å². The monoisotopic (exact) mass is 371 g/mol. The molecule has 24 heavy (non-hydrogen) atoms. The third kappa shape index (κ3) is 5.40. The molecule has 1 saturated heterocycles. The summed E-state index contributed by atoms with van der Waals surface area (Å²) in [5, 5.41) is 14.3. The van der Waals surface area contributed by atoms with E-state index in [-0.39, 0.29) is 25.5 Å². The molecule has 1 fully saturated rings. The number of hydrogen-bond donors (Lipinski definition) is 3. The number of carbonyl (C=O) groups excluding carboxylic acids is 3. The molecule has 1 aromatic rings. The zero-order valence-corrected chi connectivity index (χ0v) is 14.4. The van der Waals surface area contributed by atoms with Crippen molar-refractivity contribution in [3.63, 3.8) is 0 Å². The van der Waals surface area contributed by atoms with Gasteiger partial charge in [0.1, 0.15) is 6.04 Å². The lowest BCUT2D eigenvalue weighted by Gasteiger charge is -2.22. The zero-order valence-electron chi connectivity index (χ0n) is 12.8. The third-order valence-electron chi connectivity index (χ3n) is 3.40. The van der Waals surface area contributed by atoms with Crippen LogP contribution in [0.15, 0.2) is 29.2 Å². The van der Waals surface area contributed by atoms with Crippen LogP contribution in [0.3, 0.4) is 0 Å². The Balaban J connectivity index is 1.83. The van der Waals surface area contributed by atoms with Crippen LogP contribution in [-0.4, -0.2) is 59.3 Å². The highest BCUT2D eigenvalue weighted by atomic mass is 35.5. The first-order valence-corrected chi connectivity index (χ1v) is 8.74. The smallest absolute Gasteiger partial charge is 0.322 e. The number of amides is 4. The second-order valence-electron chi connectivity index (χ2n) is 5.13. The molecule has 1 aliphatic heterocycles. The van der Waals surface area contributed by atoms with Crippen LogP contribution in [0.5, 0.6) is 0 Å². The molecule has 0 saturated carbocycles. The summed E-state index contributed by atoms with van der Waals surface area (Å²) in [6.45, 7) is 0.442. The number of halogens is 1. The van der Waals surface area contributed by atoms with Gasteiger partial charge in [0.15, 0.2) is 0 Å². The van der Waals surface area contributed by atoms with Crippen molar-refractivity contribution in [1.29, 1.82) is 0 Å². The molecule has 0 spiro atoms. The van der Waals surface area contributed by atoms with Crippen molar-refractivity contribution in [2.45, 2.75) is 17.4 Å². The molecule has 1 heterocycles. The molecule has 0 aliphatic carbocycles. The molecular weight excluding hydrogens is 354 g/mol. The predicted octanol–water partition coefficient (Wildman–Crippen LogP) is 0.851. The molecule has 4 amide bonds. The van der Waals surface area contributed by atoms with E-state index in [1.807, 2.05) is 12.1 Å². The SMILES string of the molecule is O=C1NC(=O)[C@@H](CC(=O)N(CCO)CCSc2ccc(Cl)cc2)N1. The summed E-state index contributed by atoms with van der Waals surface area (Å²) in [5.74, 6) is -0.160. The largest absolute Gasteiger partial charge is 0.395 e. The van der Waals surface area contributed by atoms with Gasteiger partial charge in [0, 0.05) is 28.8 Å². The normalized spacial score (nSPS) is 16.7. The highest BCUT2D eigenvalue weighted by Gasteiger charge is 2.32. The fraction of sp³-hybridized carbons (Fsp3) is 0.400. The lowest BCUT2D eigenvalue weighted by Crippen LogP contribution is -2.41. The lowest BCUT2D eigenvalue weighted by molar-refractivity contribution is -0.134. The number of carbonyl (C=O) groups is 3. The maximum Gasteiger partial charge on any atom is 0.322 e. The van der Waals surface area contributed by atoms with E-state index in [0.717, 1.165) is 4.90 Å². The fourth-order valence-electron chi connectivity index (χ4n) is 2.19. The van der Waals surface area contributed by atoms with Crippen LogP contribution in [0.1, 0.15) is 6.42 Å². The van der Waals surface area contributed by atoms with Crippen molar-refractivity contribution in [3.05, 3.63) is 29.3 Å². The van der Waals surface area contributed by atoms with Crippen LogP contribution in [0, 0.1) is 0 Å². The van der Waals surface area contributed by atoms with E-state index in [0.29, 0.717) is 17.3 Å². The number of hydrogen-bond acceptors (Lipinski definition) is 5. The van der Waals surface area contributed by atoms with Crippen LogP contribution in [0.25, 0.3) is 0 Å². The molecule has 3 N–H and O–H groups in total. The molecule has 130 valence electrons. The molecule has 1 atom stereocenters. The molecule has 7 nitrogen and oxygen atoms in total. The number of nitrogens with zero attached hydrogens (tertiary/aromatic N) is 1. The molecule has 0 aromatic heterocycles. The number of rotatable bonds is 8. The highest BCUT2D eigenvalue weighted by molar-refractivity contribution is 7.99. The van der Waals surface area contributed by atoms with Crippen LogP contribution in [-0.2, 0) is 9.59 Å². The summed E-state index contributed by atoms with van der Waals surface area (Å²) in [6, 6.07) is 5.93. The van der Waals surface area contributed by atoms with E-state index in [1.54, 1.807) is 23.9 Å². The standard InChI is InChI=1S/C15H18ClN3O4S/c16-10-1-3-11(4-2-10)24-8-6-19(5-7-20)13(21)9-12-14(22)18-15(23)17-12/h1-4,12,20H,5-9H2,(H2,17,18,22,23)/t12-/m1/s1. The zero-order chi connectivity index (χ0) is 17.5. The van der Waals surface area contributed by atoms with Crippen LogP contribution in [0.4, 0.5) is 4.79 Å². The quantitative estimate of drug-likeness (QED) is 0.465. The number of imide groups is 1. The summed E-state index contributed by atoms with van der Waals surface area (Å²) in [7, 11) is 0. The van der Waals surface area contributed by atoms with E-state index < -0.39 is 18.0 Å². The molecular formula is C15H18ClN3O4S. The van der Waals surface area contributed by atoms with E-state index in [1.165, 1.54) is 4.90 Å². The minimum absolute atomic E-state index is 0.122. The Kier molecular flexibility index (Phi) is 6.89. The van der Waals surface area contributed by atoms with Gasteiger partial charge in [-0.15, -0.1) is 11.8 Å². The summed E-state index contributed by atoms with van der Waals surface area (Å²) >= 11 is 7.39. The Morgan fingerprint density at radius 3 is 2.54 bits per heavy atom. The van der Waals surface area contributed by atoms with E-state index in [9.17, 15) is 14.4 Å². The molecule has 2 rings (SSSR count). The maximum absolute atomic E-state index is 12.3. The third-order valence-corrected chi connectivity index (χ3v) is 4.65. The Morgan fingerprint density at radius 1 is 1.25 bits per heavy atom. The second kappa shape index (κ2) is 8.91. The summed E-state index contributed by atoms with van der Waals surface area (Å²) in [4.78, 5) is 37.4. The second-order valence-corrected chi connectivity index (χ2v) is 6.73. The van der Waals surface area contributed by atoms with Gasteiger partial charge in [-0.1, -0.05) is 11.6 Å². The molecule has 1 aliphatic rings. The minimum atomic E-state index is -0.852.